The van der Waals surface area contributed by atoms with Gasteiger partial charge in [0.2, 0.25) is 0 Å². The average molecular weight is 338 g/mol. The summed E-state index contributed by atoms with van der Waals surface area (Å²) in [5, 5.41) is 5.20. The lowest BCUT2D eigenvalue weighted by Gasteiger charge is -2.05. The van der Waals surface area contributed by atoms with E-state index in [4.69, 9.17) is 0 Å². The topological polar surface area (TPSA) is 76.1 Å². The Morgan fingerprint density at radius 3 is 2.68 bits per heavy atom. The van der Waals surface area contributed by atoms with E-state index in [9.17, 15) is 13.2 Å². The fraction of sp³-hybridized carbons (Fsp3) is 0.333. The number of sulfone groups is 1. The number of hydrogen-bond acceptors (Lipinski definition) is 5. The number of nitrogens with zero attached hydrogens (tertiary/aromatic N) is 1. The van der Waals surface area contributed by atoms with Crippen molar-refractivity contribution in [2.45, 2.75) is 25.5 Å². The molecule has 1 aromatic carbocycles. The van der Waals surface area contributed by atoms with Crippen LogP contribution in [0.5, 0.6) is 0 Å². The lowest BCUT2D eigenvalue weighted by molar-refractivity contribution is 0.102. The highest BCUT2D eigenvalue weighted by Crippen LogP contribution is 2.22. The van der Waals surface area contributed by atoms with Crippen molar-refractivity contribution < 1.29 is 13.2 Å². The Morgan fingerprint density at radius 2 is 2.09 bits per heavy atom. The Bertz CT molecular complexity index is 780. The second-order valence-corrected chi connectivity index (χ2v) is 8.46. The van der Waals surface area contributed by atoms with E-state index < -0.39 is 9.84 Å². The number of benzene rings is 1. The van der Waals surface area contributed by atoms with E-state index in [1.54, 1.807) is 24.3 Å². The summed E-state index contributed by atoms with van der Waals surface area (Å²) in [7, 11) is -3.13. The van der Waals surface area contributed by atoms with Crippen LogP contribution >= 0.6 is 11.3 Å². The summed E-state index contributed by atoms with van der Waals surface area (Å²) in [5.41, 5.74) is 1.95. The summed E-state index contributed by atoms with van der Waals surface area (Å²) in [6.45, 7) is 4.07. The Labute approximate surface area is 134 Å². The maximum Gasteiger partial charge on any atom is 0.257 e. The SMILES string of the molecule is CC(C)c1csc(NC(=O)c2cccc(CS(C)(=O)=O)c2)n1. The fourth-order valence-corrected chi connectivity index (χ4v) is 3.54. The van der Waals surface area contributed by atoms with Crippen LogP contribution in [0.2, 0.25) is 0 Å². The first-order valence-corrected chi connectivity index (χ1v) is 9.72. The monoisotopic (exact) mass is 338 g/mol. The number of anilines is 1. The predicted molar refractivity (Wildman–Crippen MR) is 89.1 cm³/mol. The predicted octanol–water partition coefficient (Wildman–Crippen LogP) is 3.06. The minimum absolute atomic E-state index is 0.0805. The quantitative estimate of drug-likeness (QED) is 0.909. The van der Waals surface area contributed by atoms with E-state index in [-0.39, 0.29) is 11.7 Å². The van der Waals surface area contributed by atoms with Crippen molar-refractivity contribution in [3.63, 3.8) is 0 Å². The molecule has 0 saturated heterocycles. The van der Waals surface area contributed by atoms with Gasteiger partial charge in [-0.2, -0.15) is 0 Å². The molecule has 1 heterocycles. The first kappa shape index (κ1) is 16.6. The van der Waals surface area contributed by atoms with Gasteiger partial charge in [0.05, 0.1) is 11.4 Å². The normalized spacial score (nSPS) is 11.6. The number of thiazole rings is 1. The largest absolute Gasteiger partial charge is 0.298 e. The molecule has 0 unspecified atom stereocenters. The maximum atomic E-state index is 12.2. The van der Waals surface area contributed by atoms with Crippen molar-refractivity contribution in [3.05, 3.63) is 46.5 Å². The molecule has 1 amide bonds. The van der Waals surface area contributed by atoms with Crippen LogP contribution in [0.3, 0.4) is 0 Å². The molecule has 0 spiro atoms. The second-order valence-electron chi connectivity index (χ2n) is 5.46. The maximum absolute atomic E-state index is 12.2. The molecule has 22 heavy (non-hydrogen) atoms. The third kappa shape index (κ3) is 4.64. The van der Waals surface area contributed by atoms with Gasteiger partial charge >= 0.3 is 0 Å². The van der Waals surface area contributed by atoms with Crippen LogP contribution in [0, 0.1) is 0 Å². The molecule has 0 fully saturated rings. The summed E-state index contributed by atoms with van der Waals surface area (Å²) in [6, 6.07) is 6.61. The van der Waals surface area contributed by atoms with Gasteiger partial charge in [-0.3, -0.25) is 10.1 Å². The summed E-state index contributed by atoms with van der Waals surface area (Å²) in [6.07, 6.45) is 1.17. The number of rotatable bonds is 5. The molecular weight excluding hydrogens is 320 g/mol. The van der Waals surface area contributed by atoms with Crippen LogP contribution in [-0.2, 0) is 15.6 Å². The summed E-state index contributed by atoms with van der Waals surface area (Å²) >= 11 is 1.38. The molecule has 0 radical (unpaired) electrons. The first-order valence-electron chi connectivity index (χ1n) is 6.78. The minimum atomic E-state index is -3.13. The number of carbonyl (C=O) groups excluding carboxylic acids is 1. The summed E-state index contributed by atoms with van der Waals surface area (Å²) in [4.78, 5) is 16.6. The lowest BCUT2D eigenvalue weighted by atomic mass is 10.1. The number of aromatic nitrogens is 1. The molecular formula is C15H18N2O3S2. The highest BCUT2D eigenvalue weighted by atomic mass is 32.2. The third-order valence-corrected chi connectivity index (χ3v) is 4.59. The van der Waals surface area contributed by atoms with E-state index >= 15 is 0 Å². The van der Waals surface area contributed by atoms with E-state index in [0.717, 1.165) is 5.69 Å². The zero-order valence-electron chi connectivity index (χ0n) is 12.7. The molecule has 7 heteroatoms. The zero-order chi connectivity index (χ0) is 16.3. The van der Waals surface area contributed by atoms with Crippen LogP contribution in [-0.4, -0.2) is 25.6 Å². The molecule has 118 valence electrons. The third-order valence-electron chi connectivity index (χ3n) is 2.95. The van der Waals surface area contributed by atoms with Gasteiger partial charge < -0.3 is 0 Å². The zero-order valence-corrected chi connectivity index (χ0v) is 14.3. The van der Waals surface area contributed by atoms with Gasteiger partial charge in [-0.05, 0) is 23.6 Å². The molecule has 0 aliphatic heterocycles. The van der Waals surface area contributed by atoms with Crippen molar-refractivity contribution >= 4 is 32.2 Å². The van der Waals surface area contributed by atoms with Gasteiger partial charge in [-0.15, -0.1) is 11.3 Å². The van der Waals surface area contributed by atoms with Crippen molar-refractivity contribution in [3.8, 4) is 0 Å². The van der Waals surface area contributed by atoms with Gasteiger partial charge in [0.1, 0.15) is 0 Å². The Balaban J connectivity index is 2.13. The highest BCUT2D eigenvalue weighted by Gasteiger charge is 2.12. The molecule has 5 nitrogen and oxygen atoms in total. The van der Waals surface area contributed by atoms with Crippen LogP contribution in [0.1, 0.15) is 41.4 Å². The number of amides is 1. The smallest absolute Gasteiger partial charge is 0.257 e. The van der Waals surface area contributed by atoms with Crippen LogP contribution in [0.4, 0.5) is 5.13 Å². The molecule has 1 N–H and O–H groups in total. The van der Waals surface area contributed by atoms with E-state index in [0.29, 0.717) is 22.2 Å². The van der Waals surface area contributed by atoms with E-state index in [1.807, 2.05) is 19.2 Å². The summed E-state index contributed by atoms with van der Waals surface area (Å²) < 4.78 is 22.7. The molecule has 1 aromatic heterocycles. The van der Waals surface area contributed by atoms with Crippen molar-refractivity contribution in [2.24, 2.45) is 0 Å². The molecule has 0 bridgehead atoms. The first-order chi connectivity index (χ1) is 10.2. The van der Waals surface area contributed by atoms with Crippen molar-refractivity contribution in [1.29, 1.82) is 0 Å². The molecule has 2 rings (SSSR count). The lowest BCUT2D eigenvalue weighted by Crippen LogP contribution is -2.12. The van der Waals surface area contributed by atoms with Crippen LogP contribution < -0.4 is 5.32 Å². The van der Waals surface area contributed by atoms with Crippen molar-refractivity contribution in [2.75, 3.05) is 11.6 Å². The highest BCUT2D eigenvalue weighted by molar-refractivity contribution is 7.89. The summed E-state index contributed by atoms with van der Waals surface area (Å²) in [5.74, 6) is -0.0666. The van der Waals surface area contributed by atoms with Crippen molar-refractivity contribution in [1.82, 2.24) is 4.98 Å². The second kappa shape index (κ2) is 6.58. The minimum Gasteiger partial charge on any atom is -0.298 e. The van der Waals surface area contributed by atoms with E-state index in [2.05, 4.69) is 10.3 Å². The molecule has 0 aliphatic rings. The van der Waals surface area contributed by atoms with Crippen LogP contribution in [0.25, 0.3) is 0 Å². The molecule has 0 aliphatic carbocycles. The average Bonchev–Trinajstić information content (AvgIpc) is 2.85. The van der Waals surface area contributed by atoms with E-state index in [1.165, 1.54) is 17.6 Å². The molecule has 2 aromatic rings. The Hall–Kier alpha value is -1.73. The fourth-order valence-electron chi connectivity index (χ4n) is 1.88. The van der Waals surface area contributed by atoms with Gasteiger partial charge in [0.15, 0.2) is 15.0 Å². The standard InChI is InChI=1S/C15H18N2O3S2/c1-10(2)13-8-21-15(16-13)17-14(18)12-6-4-5-11(7-12)9-22(3,19)20/h4-8,10H,9H2,1-3H3,(H,16,17,18). The van der Waals surface area contributed by atoms with Gasteiger partial charge in [-0.1, -0.05) is 26.0 Å². The molecule has 0 saturated carbocycles. The van der Waals surface area contributed by atoms with Gasteiger partial charge in [0.25, 0.3) is 5.91 Å². The van der Waals surface area contributed by atoms with Gasteiger partial charge in [-0.25, -0.2) is 13.4 Å². The number of nitrogens with one attached hydrogen (secondary N) is 1. The Kier molecular flexibility index (Phi) is 4.97. The van der Waals surface area contributed by atoms with Gasteiger partial charge in [0, 0.05) is 17.2 Å². The Morgan fingerprint density at radius 1 is 1.36 bits per heavy atom. The number of carbonyl (C=O) groups is 1. The van der Waals surface area contributed by atoms with Crippen LogP contribution in [0.15, 0.2) is 29.6 Å². The molecule has 0 atom stereocenters. The number of hydrogen-bond donors (Lipinski definition) is 1.